The Morgan fingerprint density at radius 3 is 1.91 bits per heavy atom. The maximum atomic E-state index is 2.80. The van der Waals surface area contributed by atoms with E-state index in [1.807, 2.05) is 0 Å². The van der Waals surface area contributed by atoms with Crippen LogP contribution in [0.2, 0.25) is 0 Å². The van der Waals surface area contributed by atoms with Crippen LogP contribution in [-0.4, -0.2) is 71.6 Å². The maximum absolute atomic E-state index is 2.80. The fraction of sp³-hybridized carbons (Fsp3) is 1.00. The number of likely N-dealkylation sites (tertiary alicyclic amines) is 3. The minimum absolute atomic E-state index is 0.405. The third-order valence-electron chi connectivity index (χ3n) is 6.42. The zero-order chi connectivity index (χ0) is 17.0. The van der Waals surface area contributed by atoms with E-state index in [9.17, 15) is 0 Å². The molecule has 0 saturated carbocycles. The molecule has 3 rings (SSSR count). The highest BCUT2D eigenvalue weighted by Crippen LogP contribution is 2.43. The summed E-state index contributed by atoms with van der Waals surface area (Å²) in [5.74, 6) is 0. The van der Waals surface area contributed by atoms with Gasteiger partial charge in [0.15, 0.2) is 0 Å². The zero-order valence-corrected chi connectivity index (χ0v) is 16.6. The van der Waals surface area contributed by atoms with E-state index in [1.165, 1.54) is 45.6 Å². The average Bonchev–Trinajstić information content (AvgIpc) is 2.28. The van der Waals surface area contributed by atoms with E-state index in [0.29, 0.717) is 10.8 Å². The second kappa shape index (κ2) is 6.00. The highest BCUT2D eigenvalue weighted by atomic mass is 15.3. The van der Waals surface area contributed by atoms with Gasteiger partial charge in [0, 0.05) is 62.3 Å². The lowest BCUT2D eigenvalue weighted by Crippen LogP contribution is -2.75. The number of piperidine rings is 1. The van der Waals surface area contributed by atoms with Crippen LogP contribution in [0.4, 0.5) is 0 Å². The summed E-state index contributed by atoms with van der Waals surface area (Å²) in [5, 5.41) is 0. The lowest BCUT2D eigenvalue weighted by atomic mass is 9.70. The Hall–Kier alpha value is -0.120. The molecule has 0 aromatic heterocycles. The van der Waals surface area contributed by atoms with Crippen molar-refractivity contribution >= 4 is 0 Å². The molecule has 3 nitrogen and oxygen atoms in total. The third-order valence-corrected chi connectivity index (χ3v) is 6.42. The van der Waals surface area contributed by atoms with Crippen LogP contribution in [0.5, 0.6) is 0 Å². The first-order valence-electron chi connectivity index (χ1n) is 9.82. The monoisotopic (exact) mass is 321 g/mol. The van der Waals surface area contributed by atoms with Gasteiger partial charge < -0.3 is 0 Å². The SMILES string of the molecule is CC(C)N1CC2(C1)CN(C1C[C@@H](C)N(CC(C)(C)C)[C@H](C)C1)C2. The fourth-order valence-electron chi connectivity index (χ4n) is 5.20. The molecular weight excluding hydrogens is 282 g/mol. The van der Waals surface area contributed by atoms with E-state index in [0.717, 1.165) is 24.2 Å². The molecule has 0 amide bonds. The van der Waals surface area contributed by atoms with Gasteiger partial charge >= 0.3 is 0 Å². The first kappa shape index (κ1) is 17.7. The van der Waals surface area contributed by atoms with Crippen LogP contribution in [0.1, 0.15) is 61.3 Å². The summed E-state index contributed by atoms with van der Waals surface area (Å²) >= 11 is 0. The molecule has 0 aliphatic carbocycles. The van der Waals surface area contributed by atoms with Crippen molar-refractivity contribution in [2.75, 3.05) is 32.7 Å². The minimum atomic E-state index is 0.405. The highest BCUT2D eigenvalue weighted by molar-refractivity contribution is 5.08. The first-order valence-corrected chi connectivity index (χ1v) is 9.82. The topological polar surface area (TPSA) is 9.72 Å². The van der Waals surface area contributed by atoms with E-state index in [2.05, 4.69) is 63.2 Å². The Morgan fingerprint density at radius 2 is 1.48 bits per heavy atom. The Balaban J connectivity index is 1.49. The van der Waals surface area contributed by atoms with Crippen molar-refractivity contribution in [2.24, 2.45) is 10.8 Å². The Bertz CT molecular complexity index is 399. The smallest absolute Gasteiger partial charge is 0.0212 e. The van der Waals surface area contributed by atoms with Crippen LogP contribution in [0.25, 0.3) is 0 Å². The average molecular weight is 322 g/mol. The van der Waals surface area contributed by atoms with Gasteiger partial charge in [0.05, 0.1) is 0 Å². The molecule has 3 heteroatoms. The van der Waals surface area contributed by atoms with Gasteiger partial charge in [-0.25, -0.2) is 0 Å². The van der Waals surface area contributed by atoms with Crippen molar-refractivity contribution in [3.63, 3.8) is 0 Å². The molecule has 3 heterocycles. The summed E-state index contributed by atoms with van der Waals surface area (Å²) in [7, 11) is 0. The van der Waals surface area contributed by atoms with Gasteiger partial charge in [-0.3, -0.25) is 14.7 Å². The number of rotatable bonds is 3. The lowest BCUT2D eigenvalue weighted by Gasteiger charge is -2.64. The molecule has 3 fully saturated rings. The molecule has 0 aromatic carbocycles. The minimum Gasteiger partial charge on any atom is -0.300 e. The largest absolute Gasteiger partial charge is 0.300 e. The lowest BCUT2D eigenvalue weighted by molar-refractivity contribution is -0.150. The first-order chi connectivity index (χ1) is 10.6. The van der Waals surface area contributed by atoms with Gasteiger partial charge in [0.25, 0.3) is 0 Å². The molecule has 3 saturated heterocycles. The van der Waals surface area contributed by atoms with Gasteiger partial charge in [-0.15, -0.1) is 0 Å². The van der Waals surface area contributed by atoms with Crippen molar-refractivity contribution in [3.8, 4) is 0 Å². The number of hydrogen-bond donors (Lipinski definition) is 0. The van der Waals surface area contributed by atoms with Crippen LogP contribution in [0.3, 0.4) is 0 Å². The van der Waals surface area contributed by atoms with Crippen LogP contribution < -0.4 is 0 Å². The molecule has 0 unspecified atom stereocenters. The van der Waals surface area contributed by atoms with Crippen LogP contribution >= 0.6 is 0 Å². The molecule has 23 heavy (non-hydrogen) atoms. The van der Waals surface area contributed by atoms with Crippen molar-refractivity contribution in [1.29, 1.82) is 0 Å². The summed E-state index contributed by atoms with van der Waals surface area (Å²) < 4.78 is 0. The van der Waals surface area contributed by atoms with E-state index in [-0.39, 0.29) is 0 Å². The summed E-state index contributed by atoms with van der Waals surface area (Å²) in [5.41, 5.74) is 1.07. The van der Waals surface area contributed by atoms with E-state index in [1.54, 1.807) is 0 Å². The predicted octanol–water partition coefficient (Wildman–Crippen LogP) is 3.30. The summed E-state index contributed by atoms with van der Waals surface area (Å²) in [4.78, 5) is 8.20. The number of nitrogens with zero attached hydrogens (tertiary/aromatic N) is 3. The van der Waals surface area contributed by atoms with Gasteiger partial charge in [-0.1, -0.05) is 20.8 Å². The normalized spacial score (nSPS) is 36.3. The molecule has 134 valence electrons. The Kier molecular flexibility index (Phi) is 4.61. The van der Waals surface area contributed by atoms with Crippen LogP contribution in [0.15, 0.2) is 0 Å². The van der Waals surface area contributed by atoms with E-state index < -0.39 is 0 Å². The fourth-order valence-corrected chi connectivity index (χ4v) is 5.20. The van der Waals surface area contributed by atoms with Gasteiger partial charge in [0.1, 0.15) is 0 Å². The predicted molar refractivity (Wildman–Crippen MR) is 98.8 cm³/mol. The molecule has 3 aliphatic heterocycles. The third kappa shape index (κ3) is 3.62. The summed E-state index contributed by atoms with van der Waals surface area (Å²) in [6.45, 7) is 23.3. The van der Waals surface area contributed by atoms with Crippen LogP contribution in [-0.2, 0) is 0 Å². The molecule has 2 atom stereocenters. The Morgan fingerprint density at radius 1 is 0.957 bits per heavy atom. The van der Waals surface area contributed by atoms with Crippen molar-refractivity contribution in [2.45, 2.75) is 85.5 Å². The quantitative estimate of drug-likeness (QED) is 0.790. The summed E-state index contributed by atoms with van der Waals surface area (Å²) in [6.07, 6.45) is 2.73. The van der Waals surface area contributed by atoms with E-state index in [4.69, 9.17) is 0 Å². The van der Waals surface area contributed by atoms with Gasteiger partial charge in [0.2, 0.25) is 0 Å². The van der Waals surface area contributed by atoms with Gasteiger partial charge in [-0.05, 0) is 46.0 Å². The second-order valence-corrected chi connectivity index (χ2v) is 10.5. The zero-order valence-electron chi connectivity index (χ0n) is 16.6. The Labute approximate surface area is 144 Å². The summed E-state index contributed by atoms with van der Waals surface area (Å²) in [6, 6.07) is 3.02. The van der Waals surface area contributed by atoms with Crippen LogP contribution in [0, 0.1) is 10.8 Å². The number of hydrogen-bond acceptors (Lipinski definition) is 3. The van der Waals surface area contributed by atoms with Crippen molar-refractivity contribution < 1.29 is 0 Å². The van der Waals surface area contributed by atoms with E-state index >= 15 is 0 Å². The molecule has 3 aliphatic rings. The van der Waals surface area contributed by atoms with Crippen molar-refractivity contribution in [3.05, 3.63) is 0 Å². The molecular formula is C20H39N3. The van der Waals surface area contributed by atoms with Gasteiger partial charge in [-0.2, -0.15) is 0 Å². The molecule has 0 bridgehead atoms. The highest BCUT2D eigenvalue weighted by Gasteiger charge is 2.54. The molecule has 0 N–H and O–H groups in total. The maximum Gasteiger partial charge on any atom is 0.0212 e. The standard InChI is InChI=1S/C20H39N3/c1-15(2)21-11-20(12-21)13-22(14-20)18-8-16(3)23(17(4)9-18)10-19(5,6)7/h15-18H,8-14H2,1-7H3/t16-,17-/m1/s1. The van der Waals surface area contributed by atoms with Crippen molar-refractivity contribution in [1.82, 2.24) is 14.7 Å². The second-order valence-electron chi connectivity index (χ2n) is 10.5. The molecule has 0 aromatic rings. The molecule has 1 spiro atoms. The molecule has 0 radical (unpaired) electrons.